The third-order valence-electron chi connectivity index (χ3n) is 4.27. The van der Waals surface area contributed by atoms with Crippen LogP contribution in [0.5, 0.6) is 0 Å². The topological polar surface area (TPSA) is 66.5 Å². The summed E-state index contributed by atoms with van der Waals surface area (Å²) >= 11 is 24.0. The van der Waals surface area contributed by atoms with Gasteiger partial charge >= 0.3 is 0 Å². The molecule has 0 atom stereocenters. The van der Waals surface area contributed by atoms with Crippen LogP contribution in [-0.4, -0.2) is 25.2 Å². The minimum Gasteiger partial charge on any atom is -0.322 e. The molecular formula is C21H16Cl4N2O3S. The van der Waals surface area contributed by atoms with Crippen molar-refractivity contribution in [1.82, 2.24) is 4.31 Å². The molecule has 1 amide bonds. The number of para-hydroxylation sites is 1. The van der Waals surface area contributed by atoms with E-state index in [9.17, 15) is 13.2 Å². The number of benzene rings is 3. The van der Waals surface area contributed by atoms with E-state index in [2.05, 4.69) is 5.32 Å². The highest BCUT2D eigenvalue weighted by Gasteiger charge is 2.27. The van der Waals surface area contributed by atoms with Gasteiger partial charge in [0.05, 0.1) is 27.2 Å². The third kappa shape index (κ3) is 6.13. The van der Waals surface area contributed by atoms with Crippen LogP contribution in [0.1, 0.15) is 5.56 Å². The fourth-order valence-corrected chi connectivity index (χ4v) is 4.86. The highest BCUT2D eigenvalue weighted by Crippen LogP contribution is 2.30. The predicted octanol–water partition coefficient (Wildman–Crippen LogP) is 6.13. The number of carbonyl (C=O) groups excluding carboxylic acids is 1. The van der Waals surface area contributed by atoms with E-state index >= 15 is 0 Å². The zero-order valence-electron chi connectivity index (χ0n) is 15.9. The van der Waals surface area contributed by atoms with E-state index in [4.69, 9.17) is 46.4 Å². The second-order valence-electron chi connectivity index (χ2n) is 6.50. The Hall–Kier alpha value is -1.80. The molecule has 5 nitrogen and oxygen atoms in total. The van der Waals surface area contributed by atoms with Gasteiger partial charge in [0, 0.05) is 16.6 Å². The van der Waals surface area contributed by atoms with Gasteiger partial charge in [0.2, 0.25) is 15.9 Å². The van der Waals surface area contributed by atoms with Crippen molar-refractivity contribution in [2.75, 3.05) is 11.9 Å². The first-order chi connectivity index (χ1) is 14.7. The van der Waals surface area contributed by atoms with Crippen LogP contribution in [0.15, 0.2) is 71.6 Å². The number of hydrogen-bond acceptors (Lipinski definition) is 3. The van der Waals surface area contributed by atoms with Crippen LogP contribution in [0.3, 0.4) is 0 Å². The number of amides is 1. The molecule has 1 N–H and O–H groups in total. The average molecular weight is 518 g/mol. The molecule has 0 aromatic heterocycles. The Morgan fingerprint density at radius 2 is 1.32 bits per heavy atom. The largest absolute Gasteiger partial charge is 0.322 e. The minimum atomic E-state index is -4.02. The Labute approximate surface area is 200 Å². The van der Waals surface area contributed by atoms with Gasteiger partial charge in [0.25, 0.3) is 0 Å². The lowest BCUT2D eigenvalue weighted by Gasteiger charge is -2.22. The number of nitrogens with zero attached hydrogens (tertiary/aromatic N) is 1. The van der Waals surface area contributed by atoms with Crippen molar-refractivity contribution in [3.63, 3.8) is 0 Å². The van der Waals surface area contributed by atoms with Crippen molar-refractivity contribution < 1.29 is 13.2 Å². The molecule has 0 fully saturated rings. The van der Waals surface area contributed by atoms with Crippen LogP contribution < -0.4 is 5.32 Å². The SMILES string of the molecule is O=C(CN(Cc1ccc(Cl)cc1)S(=O)(=O)c1ccc(Cl)cc1)Nc1c(Cl)cccc1Cl. The van der Waals surface area contributed by atoms with Crippen LogP contribution in [0.4, 0.5) is 5.69 Å². The normalized spacial score (nSPS) is 11.5. The number of carbonyl (C=O) groups is 1. The number of sulfonamides is 1. The van der Waals surface area contributed by atoms with Crippen molar-refractivity contribution in [1.29, 1.82) is 0 Å². The highest BCUT2D eigenvalue weighted by molar-refractivity contribution is 7.89. The maximum atomic E-state index is 13.3. The summed E-state index contributed by atoms with van der Waals surface area (Å²) in [5.41, 5.74) is 0.872. The Bertz CT molecular complexity index is 1160. The van der Waals surface area contributed by atoms with Gasteiger partial charge < -0.3 is 5.32 Å². The van der Waals surface area contributed by atoms with E-state index in [1.807, 2.05) is 0 Å². The quantitative estimate of drug-likeness (QED) is 0.410. The Kier molecular flexibility index (Phi) is 7.86. The first-order valence-corrected chi connectivity index (χ1v) is 11.9. The maximum absolute atomic E-state index is 13.3. The molecule has 3 rings (SSSR count). The third-order valence-corrected chi connectivity index (χ3v) is 7.21. The van der Waals surface area contributed by atoms with Gasteiger partial charge in [-0.05, 0) is 54.1 Å². The molecule has 3 aromatic rings. The summed E-state index contributed by atoms with van der Waals surface area (Å²) in [6.45, 7) is -0.513. The lowest BCUT2D eigenvalue weighted by molar-refractivity contribution is -0.116. The van der Waals surface area contributed by atoms with Crippen LogP contribution in [-0.2, 0) is 21.4 Å². The smallest absolute Gasteiger partial charge is 0.243 e. The number of hydrogen-bond donors (Lipinski definition) is 1. The summed E-state index contributed by atoms with van der Waals surface area (Å²) in [6, 6.07) is 17.2. The predicted molar refractivity (Wildman–Crippen MR) is 126 cm³/mol. The lowest BCUT2D eigenvalue weighted by atomic mass is 10.2. The Morgan fingerprint density at radius 1 is 0.806 bits per heavy atom. The molecule has 0 aliphatic rings. The first kappa shape index (κ1) is 23.9. The molecule has 0 radical (unpaired) electrons. The van der Waals surface area contributed by atoms with Crippen LogP contribution in [0.25, 0.3) is 0 Å². The van der Waals surface area contributed by atoms with Crippen molar-refractivity contribution >= 4 is 68.0 Å². The first-order valence-electron chi connectivity index (χ1n) is 8.91. The van der Waals surface area contributed by atoms with E-state index < -0.39 is 22.5 Å². The van der Waals surface area contributed by atoms with Gasteiger partial charge in [0.1, 0.15) is 0 Å². The Balaban J connectivity index is 1.90. The molecular weight excluding hydrogens is 502 g/mol. The van der Waals surface area contributed by atoms with Gasteiger partial charge in [-0.2, -0.15) is 4.31 Å². The standard InChI is InChI=1S/C21H16Cl4N2O3S/c22-15-6-4-14(5-7-15)12-27(31(29,30)17-10-8-16(23)9-11-17)13-20(28)26-21-18(24)2-1-3-19(21)25/h1-11H,12-13H2,(H,26,28). The van der Waals surface area contributed by atoms with Crippen molar-refractivity contribution in [2.45, 2.75) is 11.4 Å². The van der Waals surface area contributed by atoms with E-state index in [0.29, 0.717) is 15.6 Å². The van der Waals surface area contributed by atoms with E-state index in [0.717, 1.165) is 4.31 Å². The van der Waals surface area contributed by atoms with Crippen molar-refractivity contribution in [3.05, 3.63) is 92.4 Å². The number of halogens is 4. The van der Waals surface area contributed by atoms with Gasteiger partial charge in [-0.15, -0.1) is 0 Å². The molecule has 0 saturated carbocycles. The summed E-state index contributed by atoms with van der Waals surface area (Å²) < 4.78 is 27.6. The number of anilines is 1. The minimum absolute atomic E-state index is 0.00874. The van der Waals surface area contributed by atoms with Crippen LogP contribution in [0.2, 0.25) is 20.1 Å². The van der Waals surface area contributed by atoms with Gasteiger partial charge in [-0.1, -0.05) is 64.6 Å². The summed E-state index contributed by atoms with van der Waals surface area (Å²) in [5.74, 6) is -0.596. The zero-order chi connectivity index (χ0) is 22.6. The molecule has 0 aliphatic heterocycles. The molecule has 0 unspecified atom stereocenters. The summed E-state index contributed by atoms with van der Waals surface area (Å²) in [7, 11) is -4.02. The molecule has 0 heterocycles. The lowest BCUT2D eigenvalue weighted by Crippen LogP contribution is -2.37. The summed E-state index contributed by atoms with van der Waals surface area (Å²) in [4.78, 5) is 12.7. The van der Waals surface area contributed by atoms with Gasteiger partial charge in [-0.3, -0.25) is 4.79 Å². The number of rotatable bonds is 7. The van der Waals surface area contributed by atoms with Crippen LogP contribution in [0, 0.1) is 0 Å². The van der Waals surface area contributed by atoms with E-state index in [-0.39, 0.29) is 27.2 Å². The van der Waals surface area contributed by atoms with Gasteiger partial charge in [0.15, 0.2) is 0 Å². The molecule has 31 heavy (non-hydrogen) atoms. The molecule has 162 valence electrons. The zero-order valence-corrected chi connectivity index (χ0v) is 19.7. The molecule has 0 bridgehead atoms. The van der Waals surface area contributed by atoms with Crippen LogP contribution >= 0.6 is 46.4 Å². The van der Waals surface area contributed by atoms with E-state index in [1.54, 1.807) is 42.5 Å². The monoisotopic (exact) mass is 516 g/mol. The fourth-order valence-electron chi connectivity index (χ4n) is 2.73. The molecule has 0 saturated heterocycles. The van der Waals surface area contributed by atoms with Crippen molar-refractivity contribution in [3.8, 4) is 0 Å². The molecule has 0 aliphatic carbocycles. The van der Waals surface area contributed by atoms with Gasteiger partial charge in [-0.25, -0.2) is 8.42 Å². The van der Waals surface area contributed by atoms with Crippen molar-refractivity contribution in [2.24, 2.45) is 0 Å². The second kappa shape index (κ2) is 10.2. The number of nitrogens with one attached hydrogen (secondary N) is 1. The average Bonchev–Trinajstić information content (AvgIpc) is 2.72. The van der Waals surface area contributed by atoms with E-state index in [1.165, 1.54) is 24.3 Å². The maximum Gasteiger partial charge on any atom is 0.243 e. The summed E-state index contributed by atoms with van der Waals surface area (Å²) in [6.07, 6.45) is 0. The molecule has 3 aromatic carbocycles. The Morgan fingerprint density at radius 3 is 1.87 bits per heavy atom. The summed E-state index contributed by atoms with van der Waals surface area (Å²) in [5, 5.41) is 3.98. The highest BCUT2D eigenvalue weighted by atomic mass is 35.5. The molecule has 0 spiro atoms. The second-order valence-corrected chi connectivity index (χ2v) is 10.1. The molecule has 10 heteroatoms. The fraction of sp³-hybridized carbons (Fsp3) is 0.0952.